The lowest BCUT2D eigenvalue weighted by molar-refractivity contribution is 1.01. The molecule has 0 unspecified atom stereocenters. The van der Waals surface area contributed by atoms with Crippen LogP contribution in [-0.4, -0.2) is 21.5 Å². The van der Waals surface area contributed by atoms with Gasteiger partial charge in [0.2, 0.25) is 5.95 Å². The summed E-state index contributed by atoms with van der Waals surface area (Å²) >= 11 is 1.53. The second-order valence-electron chi connectivity index (χ2n) is 3.02. The van der Waals surface area contributed by atoms with E-state index < -0.39 is 0 Å². The van der Waals surface area contributed by atoms with E-state index in [-0.39, 0.29) is 0 Å². The molecule has 0 amide bonds. The molecule has 0 fully saturated rings. The summed E-state index contributed by atoms with van der Waals surface area (Å²) in [5.74, 6) is 0.656. The Bertz CT molecular complexity index is 447. The number of hydrogen-bond acceptors (Lipinski definition) is 5. The fourth-order valence-corrected chi connectivity index (χ4v) is 1.89. The Balaban J connectivity index is 2.12. The van der Waals surface area contributed by atoms with Gasteiger partial charge in [0.15, 0.2) is 0 Å². The van der Waals surface area contributed by atoms with Gasteiger partial charge in [0.1, 0.15) is 10.1 Å². The van der Waals surface area contributed by atoms with Crippen molar-refractivity contribution in [2.24, 2.45) is 0 Å². The highest BCUT2D eigenvalue weighted by Crippen LogP contribution is 2.23. The number of pyridine rings is 1. The van der Waals surface area contributed by atoms with Crippen LogP contribution in [0.25, 0.3) is 0 Å². The minimum absolute atomic E-state index is 0.656. The summed E-state index contributed by atoms with van der Waals surface area (Å²) in [6.45, 7) is 2.83. The van der Waals surface area contributed by atoms with Gasteiger partial charge >= 0.3 is 0 Å². The van der Waals surface area contributed by atoms with Crippen LogP contribution in [-0.2, 0) is 0 Å². The van der Waals surface area contributed by atoms with Crippen molar-refractivity contribution >= 4 is 17.7 Å². The highest BCUT2D eigenvalue weighted by atomic mass is 32.2. The lowest BCUT2D eigenvalue weighted by Gasteiger charge is -2.03. The first-order valence-electron chi connectivity index (χ1n) is 5.04. The van der Waals surface area contributed by atoms with Gasteiger partial charge in [-0.3, -0.25) is 0 Å². The highest BCUT2D eigenvalue weighted by Gasteiger charge is 2.01. The summed E-state index contributed by atoms with van der Waals surface area (Å²) in [6, 6.07) is 7.69. The summed E-state index contributed by atoms with van der Waals surface area (Å²) < 4.78 is 0. The van der Waals surface area contributed by atoms with Crippen LogP contribution in [0.5, 0.6) is 0 Å². The van der Waals surface area contributed by atoms with Gasteiger partial charge in [-0.25, -0.2) is 15.0 Å². The third kappa shape index (κ3) is 2.93. The van der Waals surface area contributed by atoms with Gasteiger partial charge < -0.3 is 5.32 Å². The van der Waals surface area contributed by atoms with E-state index in [9.17, 15) is 0 Å². The van der Waals surface area contributed by atoms with Crippen LogP contribution in [0, 0.1) is 0 Å². The van der Waals surface area contributed by atoms with E-state index in [2.05, 4.69) is 20.3 Å². The van der Waals surface area contributed by atoms with Crippen LogP contribution < -0.4 is 5.32 Å². The molecule has 0 spiro atoms. The van der Waals surface area contributed by atoms with Crippen LogP contribution in [0.1, 0.15) is 6.92 Å². The van der Waals surface area contributed by atoms with Crippen molar-refractivity contribution in [3.05, 3.63) is 36.7 Å². The first-order valence-corrected chi connectivity index (χ1v) is 5.86. The average Bonchev–Trinajstić information content (AvgIpc) is 2.31. The monoisotopic (exact) mass is 232 g/mol. The molecule has 0 radical (unpaired) electrons. The normalized spacial score (nSPS) is 10.1. The predicted molar refractivity (Wildman–Crippen MR) is 64.6 cm³/mol. The maximum atomic E-state index is 4.36. The van der Waals surface area contributed by atoms with Crippen LogP contribution in [0.4, 0.5) is 5.95 Å². The largest absolute Gasteiger partial charge is 0.354 e. The molecule has 0 saturated carbocycles. The van der Waals surface area contributed by atoms with Crippen molar-refractivity contribution in [2.75, 3.05) is 11.9 Å². The molecule has 0 bridgehead atoms. The maximum absolute atomic E-state index is 4.36. The number of nitrogens with zero attached hydrogens (tertiary/aromatic N) is 3. The highest BCUT2D eigenvalue weighted by molar-refractivity contribution is 7.99. The predicted octanol–water partition coefficient (Wildman–Crippen LogP) is 2.45. The molecule has 0 saturated heterocycles. The third-order valence-corrected chi connectivity index (χ3v) is 2.70. The second-order valence-corrected chi connectivity index (χ2v) is 4.06. The van der Waals surface area contributed by atoms with E-state index in [0.29, 0.717) is 5.95 Å². The van der Waals surface area contributed by atoms with Gasteiger partial charge in [0.05, 0.1) is 0 Å². The smallest absolute Gasteiger partial charge is 0.223 e. The zero-order valence-corrected chi connectivity index (χ0v) is 9.74. The Hall–Kier alpha value is -1.62. The number of hydrogen-bond donors (Lipinski definition) is 1. The molecule has 4 nitrogen and oxygen atoms in total. The van der Waals surface area contributed by atoms with Gasteiger partial charge in [0, 0.05) is 18.9 Å². The summed E-state index contributed by atoms with van der Waals surface area (Å²) in [7, 11) is 0. The molecule has 0 aliphatic heterocycles. The summed E-state index contributed by atoms with van der Waals surface area (Å²) in [4.78, 5) is 12.7. The Labute approximate surface area is 98.6 Å². The second kappa shape index (κ2) is 5.46. The Kier molecular flexibility index (Phi) is 3.71. The minimum Gasteiger partial charge on any atom is -0.354 e. The lowest BCUT2D eigenvalue weighted by atomic mass is 10.5. The number of rotatable bonds is 4. The van der Waals surface area contributed by atoms with Gasteiger partial charge in [-0.1, -0.05) is 6.07 Å². The van der Waals surface area contributed by atoms with E-state index in [1.165, 1.54) is 11.8 Å². The molecule has 1 N–H and O–H groups in total. The number of aromatic nitrogens is 3. The lowest BCUT2D eigenvalue weighted by Crippen LogP contribution is -2.01. The molecule has 2 rings (SSSR count). The molecule has 2 heterocycles. The Morgan fingerprint density at radius 2 is 2.06 bits per heavy atom. The van der Waals surface area contributed by atoms with Crippen LogP contribution >= 0.6 is 11.8 Å². The molecular weight excluding hydrogens is 220 g/mol. The summed E-state index contributed by atoms with van der Waals surface area (Å²) in [6.07, 6.45) is 3.52. The fourth-order valence-electron chi connectivity index (χ4n) is 1.16. The van der Waals surface area contributed by atoms with Gasteiger partial charge in [-0.05, 0) is 36.9 Å². The molecule has 0 atom stereocenters. The topological polar surface area (TPSA) is 50.7 Å². The Morgan fingerprint density at radius 3 is 2.81 bits per heavy atom. The van der Waals surface area contributed by atoms with Crippen molar-refractivity contribution in [3.63, 3.8) is 0 Å². The van der Waals surface area contributed by atoms with Crippen molar-refractivity contribution in [1.82, 2.24) is 15.0 Å². The number of nitrogens with one attached hydrogen (secondary N) is 1. The summed E-state index contributed by atoms with van der Waals surface area (Å²) in [5, 5.41) is 4.90. The van der Waals surface area contributed by atoms with Crippen LogP contribution in [0.3, 0.4) is 0 Å². The molecule has 16 heavy (non-hydrogen) atoms. The van der Waals surface area contributed by atoms with E-state index in [1.54, 1.807) is 12.4 Å². The van der Waals surface area contributed by atoms with Crippen molar-refractivity contribution < 1.29 is 0 Å². The fraction of sp³-hybridized carbons (Fsp3) is 0.182. The molecule has 82 valence electrons. The quantitative estimate of drug-likeness (QED) is 0.821. The standard InChI is InChI=1S/C11H12N4S/c1-2-12-11-14-8-6-10(15-11)16-9-5-3-4-7-13-9/h3-8H,2H2,1H3,(H,12,14,15). The minimum atomic E-state index is 0.656. The molecule has 0 aliphatic rings. The third-order valence-electron chi connectivity index (χ3n) is 1.81. The van der Waals surface area contributed by atoms with E-state index in [0.717, 1.165) is 16.6 Å². The van der Waals surface area contributed by atoms with Gasteiger partial charge in [0.25, 0.3) is 0 Å². The van der Waals surface area contributed by atoms with E-state index in [4.69, 9.17) is 0 Å². The average molecular weight is 232 g/mol. The van der Waals surface area contributed by atoms with E-state index >= 15 is 0 Å². The maximum Gasteiger partial charge on any atom is 0.223 e. The zero-order valence-electron chi connectivity index (χ0n) is 8.92. The molecular formula is C11H12N4S. The van der Waals surface area contributed by atoms with Crippen molar-refractivity contribution in [2.45, 2.75) is 17.0 Å². The molecule has 2 aromatic rings. The SMILES string of the molecule is CCNc1nccc(Sc2ccccn2)n1. The number of anilines is 1. The van der Waals surface area contributed by atoms with Crippen LogP contribution in [0.2, 0.25) is 0 Å². The summed E-state index contributed by atoms with van der Waals surface area (Å²) in [5.41, 5.74) is 0. The first kappa shape index (κ1) is 10.9. The van der Waals surface area contributed by atoms with Gasteiger partial charge in [-0.15, -0.1) is 0 Å². The Morgan fingerprint density at radius 1 is 1.12 bits per heavy atom. The van der Waals surface area contributed by atoms with Gasteiger partial charge in [-0.2, -0.15) is 0 Å². The first-order chi connectivity index (χ1) is 7.88. The van der Waals surface area contributed by atoms with Crippen molar-refractivity contribution in [3.8, 4) is 0 Å². The van der Waals surface area contributed by atoms with E-state index in [1.807, 2.05) is 31.2 Å². The molecule has 0 aliphatic carbocycles. The zero-order chi connectivity index (χ0) is 11.2. The van der Waals surface area contributed by atoms with Crippen LogP contribution in [0.15, 0.2) is 46.7 Å². The molecule has 0 aromatic carbocycles. The van der Waals surface area contributed by atoms with Crippen molar-refractivity contribution in [1.29, 1.82) is 0 Å². The molecule has 5 heteroatoms. The molecule has 2 aromatic heterocycles.